The monoisotopic (exact) mass is 698 g/mol. The lowest BCUT2D eigenvalue weighted by molar-refractivity contribution is -0.143. The van der Waals surface area contributed by atoms with Crippen molar-refractivity contribution in [2.45, 2.75) is 110 Å². The minimum Gasteiger partial charge on any atom is -0.481 e. The SMILES string of the molecule is CC[C@H](C)[C@H](CC(=O)[C@H]1CCCCN1C)C(=O)N(C)[C@H](C[C@@H](OC)c1nc(C(=O)N[C@@H](Cc2ccccc2)CC(C)C(=O)O)cs1)C(C)C. The molecule has 1 aliphatic heterocycles. The normalized spacial score (nSPS) is 19.0. The van der Waals surface area contributed by atoms with Gasteiger partial charge >= 0.3 is 5.97 Å². The fraction of sp³-hybridized carbons (Fsp3) is 0.658. The van der Waals surface area contributed by atoms with Gasteiger partial charge in [-0.15, -0.1) is 11.3 Å². The van der Waals surface area contributed by atoms with Gasteiger partial charge in [0.25, 0.3) is 5.91 Å². The van der Waals surface area contributed by atoms with Crippen molar-refractivity contribution in [3.05, 3.63) is 52.0 Å². The number of ketones is 1. The molecule has 49 heavy (non-hydrogen) atoms. The molecule has 272 valence electrons. The maximum Gasteiger partial charge on any atom is 0.306 e. The molecule has 2 heterocycles. The Morgan fingerprint density at radius 1 is 1.10 bits per heavy atom. The summed E-state index contributed by atoms with van der Waals surface area (Å²) in [5, 5.41) is 14.9. The third-order valence-electron chi connectivity index (χ3n) is 10.3. The number of benzene rings is 1. The Balaban J connectivity index is 1.74. The van der Waals surface area contributed by atoms with Crippen LogP contribution in [0.15, 0.2) is 35.7 Å². The van der Waals surface area contributed by atoms with Crippen molar-refractivity contribution in [1.82, 2.24) is 20.1 Å². The number of likely N-dealkylation sites (N-methyl/N-ethyl adjacent to an activating group) is 1. The molecule has 0 spiro atoms. The predicted octanol–water partition coefficient (Wildman–Crippen LogP) is 6.26. The van der Waals surface area contributed by atoms with Gasteiger partial charge in [0.1, 0.15) is 16.8 Å². The minimum absolute atomic E-state index is 0.0195. The number of piperidine rings is 1. The van der Waals surface area contributed by atoms with E-state index in [0.29, 0.717) is 17.8 Å². The predicted molar refractivity (Wildman–Crippen MR) is 194 cm³/mol. The molecule has 1 aromatic heterocycles. The molecule has 0 radical (unpaired) electrons. The fourth-order valence-corrected chi connectivity index (χ4v) is 7.78. The zero-order valence-electron chi connectivity index (χ0n) is 30.7. The molecule has 7 atom stereocenters. The summed E-state index contributed by atoms with van der Waals surface area (Å²) in [6, 6.07) is 8.97. The van der Waals surface area contributed by atoms with E-state index in [2.05, 4.69) is 42.9 Å². The van der Waals surface area contributed by atoms with Gasteiger partial charge in [0, 0.05) is 50.4 Å². The van der Waals surface area contributed by atoms with Crippen LogP contribution in [0.2, 0.25) is 0 Å². The highest BCUT2D eigenvalue weighted by atomic mass is 32.1. The lowest BCUT2D eigenvalue weighted by Crippen LogP contribution is -2.48. The highest BCUT2D eigenvalue weighted by Crippen LogP contribution is 2.32. The number of rotatable bonds is 19. The molecule has 2 N–H and O–H groups in total. The average Bonchev–Trinajstić information content (AvgIpc) is 3.57. The molecule has 0 bridgehead atoms. The number of ether oxygens (including phenoxy) is 1. The van der Waals surface area contributed by atoms with Gasteiger partial charge in [-0.1, -0.05) is 77.8 Å². The Morgan fingerprint density at radius 2 is 1.80 bits per heavy atom. The summed E-state index contributed by atoms with van der Waals surface area (Å²) in [4.78, 5) is 61.3. The van der Waals surface area contributed by atoms with Crippen molar-refractivity contribution < 1.29 is 29.0 Å². The number of hydrogen-bond donors (Lipinski definition) is 2. The Bertz CT molecular complexity index is 1370. The zero-order valence-corrected chi connectivity index (χ0v) is 31.5. The first kappa shape index (κ1) is 40.3. The van der Waals surface area contributed by atoms with Crippen LogP contribution in [0.4, 0.5) is 0 Å². The van der Waals surface area contributed by atoms with E-state index in [0.717, 1.165) is 37.8 Å². The highest BCUT2D eigenvalue weighted by Gasteiger charge is 2.37. The van der Waals surface area contributed by atoms with Crippen LogP contribution in [0.5, 0.6) is 0 Å². The summed E-state index contributed by atoms with van der Waals surface area (Å²) in [7, 11) is 5.44. The molecule has 2 aromatic rings. The number of likely N-dealkylation sites (tertiary alicyclic amines) is 1. The number of carboxylic acids is 1. The van der Waals surface area contributed by atoms with Crippen molar-refractivity contribution in [1.29, 1.82) is 0 Å². The number of thiazole rings is 1. The lowest BCUT2D eigenvalue weighted by atomic mass is 9.83. The number of Topliss-reactive ketones (excluding diaryl/α,β-unsaturated/α-hetero) is 1. The van der Waals surface area contributed by atoms with E-state index in [4.69, 9.17) is 4.74 Å². The summed E-state index contributed by atoms with van der Waals surface area (Å²) >= 11 is 1.33. The van der Waals surface area contributed by atoms with E-state index < -0.39 is 30.0 Å². The molecule has 2 amide bonds. The third-order valence-corrected chi connectivity index (χ3v) is 11.3. The minimum atomic E-state index is -0.909. The van der Waals surface area contributed by atoms with Crippen LogP contribution in [0.1, 0.15) is 107 Å². The van der Waals surface area contributed by atoms with Crippen LogP contribution in [0, 0.1) is 23.7 Å². The molecular formula is C38H58N4O6S. The maximum atomic E-state index is 14.2. The van der Waals surface area contributed by atoms with Crippen molar-refractivity contribution in [3.63, 3.8) is 0 Å². The first-order chi connectivity index (χ1) is 23.3. The number of amides is 2. The van der Waals surface area contributed by atoms with Gasteiger partial charge in [-0.05, 0) is 56.7 Å². The molecule has 10 nitrogen and oxygen atoms in total. The molecular weight excluding hydrogens is 641 g/mol. The Kier molecular flexibility index (Phi) is 15.9. The van der Waals surface area contributed by atoms with Crippen molar-refractivity contribution in [2.24, 2.45) is 23.7 Å². The number of nitrogens with one attached hydrogen (secondary N) is 1. The van der Waals surface area contributed by atoms with Crippen LogP contribution in [0.3, 0.4) is 0 Å². The zero-order chi connectivity index (χ0) is 36.2. The Hall–Kier alpha value is -3.15. The molecule has 1 unspecified atom stereocenters. The molecule has 11 heteroatoms. The van der Waals surface area contributed by atoms with Crippen molar-refractivity contribution in [3.8, 4) is 0 Å². The number of aliphatic carboxylic acids is 1. The van der Waals surface area contributed by atoms with Gasteiger partial charge in [0.2, 0.25) is 5.91 Å². The van der Waals surface area contributed by atoms with Crippen LogP contribution in [-0.2, 0) is 25.5 Å². The number of carbonyl (C=O) groups excluding carboxylic acids is 3. The smallest absolute Gasteiger partial charge is 0.306 e. The second kappa shape index (κ2) is 19.3. The van der Waals surface area contributed by atoms with E-state index in [1.54, 1.807) is 19.4 Å². The summed E-state index contributed by atoms with van der Waals surface area (Å²) in [5.41, 5.74) is 1.25. The lowest BCUT2D eigenvalue weighted by Gasteiger charge is -2.37. The van der Waals surface area contributed by atoms with Crippen LogP contribution in [-0.4, -0.2) is 89.3 Å². The molecule has 1 fully saturated rings. The number of aromatic nitrogens is 1. The Labute approximate surface area is 297 Å². The van der Waals surface area contributed by atoms with Crippen LogP contribution >= 0.6 is 11.3 Å². The summed E-state index contributed by atoms with van der Waals surface area (Å²) in [5.74, 6) is -2.01. The maximum absolute atomic E-state index is 14.2. The van der Waals surface area contributed by atoms with E-state index >= 15 is 0 Å². The molecule has 0 saturated carbocycles. The van der Waals surface area contributed by atoms with Crippen LogP contribution < -0.4 is 5.32 Å². The number of carbonyl (C=O) groups is 4. The van der Waals surface area contributed by atoms with Gasteiger partial charge in [-0.2, -0.15) is 0 Å². The standard InChI is InChI=1S/C38H58N4O6S/c1-9-25(4)29(21-33(43)31-17-13-14-18-41(31)6)37(45)42(7)32(24(2)3)22-34(48-8)36-40-30(23-49-36)35(44)39-28(19-26(5)38(46)47)20-27-15-11-10-12-16-27/h10-12,15-16,23-26,28-29,31-32,34H,9,13-14,17-22H2,1-8H3,(H,39,44)(H,46,47)/t25-,26?,28+,29-,31+,32+,34+/m0/s1. The van der Waals surface area contributed by atoms with Crippen molar-refractivity contribution >= 4 is 34.9 Å². The van der Waals surface area contributed by atoms with Gasteiger partial charge in [0.05, 0.1) is 12.0 Å². The average molecular weight is 699 g/mol. The molecule has 0 aliphatic carbocycles. The van der Waals surface area contributed by atoms with Crippen LogP contribution in [0.25, 0.3) is 0 Å². The largest absolute Gasteiger partial charge is 0.481 e. The second-order valence-corrected chi connectivity index (χ2v) is 15.2. The fourth-order valence-electron chi connectivity index (χ4n) is 6.89. The first-order valence-corrected chi connectivity index (χ1v) is 18.7. The Morgan fingerprint density at radius 3 is 2.39 bits per heavy atom. The van der Waals surface area contributed by atoms with Gasteiger partial charge in [0.15, 0.2) is 5.78 Å². The molecule has 1 aromatic carbocycles. The van der Waals surface area contributed by atoms with E-state index in [-0.39, 0.29) is 60.1 Å². The van der Waals surface area contributed by atoms with E-state index in [1.807, 2.05) is 49.3 Å². The van der Waals surface area contributed by atoms with Gasteiger partial charge < -0.3 is 20.1 Å². The van der Waals surface area contributed by atoms with E-state index in [1.165, 1.54) is 11.3 Å². The number of hydrogen-bond acceptors (Lipinski definition) is 8. The van der Waals surface area contributed by atoms with Crippen molar-refractivity contribution in [2.75, 3.05) is 27.7 Å². The van der Waals surface area contributed by atoms with Gasteiger partial charge in [-0.3, -0.25) is 24.1 Å². The quantitative estimate of drug-likeness (QED) is 0.176. The first-order valence-electron chi connectivity index (χ1n) is 17.8. The van der Waals surface area contributed by atoms with Gasteiger partial charge in [-0.25, -0.2) is 4.98 Å². The molecule has 3 rings (SSSR count). The molecule has 1 aliphatic rings. The second-order valence-electron chi connectivity index (χ2n) is 14.3. The number of nitrogens with zero attached hydrogens (tertiary/aromatic N) is 3. The summed E-state index contributed by atoms with van der Waals surface area (Å²) < 4.78 is 5.92. The highest BCUT2D eigenvalue weighted by molar-refractivity contribution is 7.09. The number of methoxy groups -OCH3 is 1. The van der Waals surface area contributed by atoms with E-state index in [9.17, 15) is 24.3 Å². The third kappa shape index (κ3) is 11.4. The summed E-state index contributed by atoms with van der Waals surface area (Å²) in [6.45, 7) is 10.8. The topological polar surface area (TPSA) is 129 Å². The summed E-state index contributed by atoms with van der Waals surface area (Å²) in [6.07, 6.45) is 4.83. The molecule has 1 saturated heterocycles. The number of carboxylic acid groups (broad SMARTS) is 1.